The first-order valence-corrected chi connectivity index (χ1v) is 6.35. The molecule has 2 unspecified atom stereocenters. The van der Waals surface area contributed by atoms with E-state index < -0.39 is 0 Å². The van der Waals surface area contributed by atoms with E-state index in [0.29, 0.717) is 6.04 Å². The Labute approximate surface area is 92.2 Å². The van der Waals surface area contributed by atoms with Crippen molar-refractivity contribution in [3.05, 3.63) is 0 Å². The fourth-order valence-corrected chi connectivity index (χ4v) is 3.14. The molecule has 0 bridgehead atoms. The molecule has 2 saturated heterocycles. The Balaban J connectivity index is 1.83. The van der Waals surface area contributed by atoms with E-state index in [0.717, 1.165) is 11.9 Å². The molecule has 0 spiro atoms. The summed E-state index contributed by atoms with van der Waals surface area (Å²) in [7, 11) is 2.25. The maximum absolute atomic E-state index is 5.97. The average Bonchev–Trinajstić information content (AvgIpc) is 2.77. The minimum atomic E-state index is 0.658. The van der Waals surface area contributed by atoms with Gasteiger partial charge in [0.1, 0.15) is 0 Å². The van der Waals surface area contributed by atoms with Crippen LogP contribution in [0.25, 0.3) is 0 Å². The SMILES string of the molecule is CN1CCCC1CN1CCCC1CCl. The first-order valence-electron chi connectivity index (χ1n) is 5.81. The summed E-state index contributed by atoms with van der Waals surface area (Å²) in [6, 6.07) is 1.45. The Morgan fingerprint density at radius 1 is 1.14 bits per heavy atom. The van der Waals surface area contributed by atoms with Crippen LogP contribution in [-0.2, 0) is 0 Å². The minimum Gasteiger partial charge on any atom is -0.302 e. The van der Waals surface area contributed by atoms with Gasteiger partial charge in [-0.3, -0.25) is 4.90 Å². The zero-order valence-electron chi connectivity index (χ0n) is 9.08. The maximum atomic E-state index is 5.97. The number of nitrogens with zero attached hydrogens (tertiary/aromatic N) is 2. The van der Waals surface area contributed by atoms with Crippen LogP contribution in [0.2, 0.25) is 0 Å². The third-order valence-corrected chi connectivity index (χ3v) is 4.15. The van der Waals surface area contributed by atoms with Gasteiger partial charge >= 0.3 is 0 Å². The van der Waals surface area contributed by atoms with Gasteiger partial charge in [0.05, 0.1) is 0 Å². The molecular weight excluding hydrogens is 196 g/mol. The number of alkyl halides is 1. The van der Waals surface area contributed by atoms with Crippen LogP contribution in [0.5, 0.6) is 0 Å². The Morgan fingerprint density at radius 3 is 2.50 bits per heavy atom. The summed E-state index contributed by atoms with van der Waals surface area (Å²) in [6.45, 7) is 3.79. The predicted molar refractivity (Wildman–Crippen MR) is 61.0 cm³/mol. The van der Waals surface area contributed by atoms with Crippen LogP contribution in [-0.4, -0.2) is 54.4 Å². The number of rotatable bonds is 3. The lowest BCUT2D eigenvalue weighted by atomic mass is 10.2. The minimum absolute atomic E-state index is 0.658. The van der Waals surface area contributed by atoms with Gasteiger partial charge in [-0.1, -0.05) is 0 Å². The van der Waals surface area contributed by atoms with Crippen LogP contribution in [0.1, 0.15) is 25.7 Å². The number of hydrogen-bond donors (Lipinski definition) is 0. The lowest BCUT2D eigenvalue weighted by molar-refractivity contribution is 0.190. The van der Waals surface area contributed by atoms with Crippen LogP contribution in [0.3, 0.4) is 0 Å². The van der Waals surface area contributed by atoms with Crippen molar-refractivity contribution in [2.75, 3.05) is 32.6 Å². The van der Waals surface area contributed by atoms with Crippen LogP contribution < -0.4 is 0 Å². The highest BCUT2D eigenvalue weighted by molar-refractivity contribution is 6.18. The van der Waals surface area contributed by atoms with Gasteiger partial charge in [0.25, 0.3) is 0 Å². The van der Waals surface area contributed by atoms with Crippen molar-refractivity contribution in [1.29, 1.82) is 0 Å². The highest BCUT2D eigenvalue weighted by atomic mass is 35.5. The number of likely N-dealkylation sites (N-methyl/N-ethyl adjacent to an activating group) is 1. The predicted octanol–water partition coefficient (Wildman–Crippen LogP) is 1.78. The van der Waals surface area contributed by atoms with Gasteiger partial charge in [0.15, 0.2) is 0 Å². The molecule has 2 rings (SSSR count). The summed E-state index contributed by atoms with van der Waals surface area (Å²) in [6.07, 6.45) is 5.40. The molecule has 2 fully saturated rings. The highest BCUT2D eigenvalue weighted by Gasteiger charge is 2.29. The molecule has 0 saturated carbocycles. The molecule has 0 aliphatic carbocycles. The van der Waals surface area contributed by atoms with E-state index in [1.54, 1.807) is 0 Å². The van der Waals surface area contributed by atoms with E-state index in [-0.39, 0.29) is 0 Å². The lowest BCUT2D eigenvalue weighted by Gasteiger charge is -2.29. The summed E-state index contributed by atoms with van der Waals surface area (Å²) in [5, 5.41) is 0. The molecule has 2 heterocycles. The van der Waals surface area contributed by atoms with Crippen molar-refractivity contribution in [1.82, 2.24) is 9.80 Å². The smallest absolute Gasteiger partial charge is 0.0379 e. The van der Waals surface area contributed by atoms with Crippen molar-refractivity contribution < 1.29 is 0 Å². The van der Waals surface area contributed by atoms with Crippen LogP contribution in [0.4, 0.5) is 0 Å². The first-order chi connectivity index (χ1) is 6.81. The molecule has 14 heavy (non-hydrogen) atoms. The van der Waals surface area contributed by atoms with E-state index in [9.17, 15) is 0 Å². The van der Waals surface area contributed by atoms with Crippen LogP contribution in [0.15, 0.2) is 0 Å². The monoisotopic (exact) mass is 216 g/mol. The normalized spacial score (nSPS) is 35.6. The number of halogens is 1. The summed E-state index contributed by atoms with van der Waals surface area (Å²) in [5.41, 5.74) is 0. The van der Waals surface area contributed by atoms with Gasteiger partial charge in [-0.25, -0.2) is 0 Å². The van der Waals surface area contributed by atoms with Crippen LogP contribution in [0, 0.1) is 0 Å². The van der Waals surface area contributed by atoms with E-state index in [4.69, 9.17) is 11.6 Å². The molecule has 0 aromatic rings. The lowest BCUT2D eigenvalue weighted by Crippen LogP contribution is -2.41. The zero-order valence-corrected chi connectivity index (χ0v) is 9.84. The van der Waals surface area contributed by atoms with Crippen molar-refractivity contribution in [2.45, 2.75) is 37.8 Å². The molecule has 2 aliphatic heterocycles. The Kier molecular flexibility index (Phi) is 3.69. The molecule has 2 aliphatic rings. The third-order valence-electron chi connectivity index (χ3n) is 3.79. The van der Waals surface area contributed by atoms with Gasteiger partial charge < -0.3 is 4.90 Å². The van der Waals surface area contributed by atoms with Gasteiger partial charge in [-0.05, 0) is 45.8 Å². The Hall–Kier alpha value is 0.210. The Bertz CT molecular complexity index is 186. The van der Waals surface area contributed by atoms with Crippen molar-refractivity contribution in [2.24, 2.45) is 0 Å². The van der Waals surface area contributed by atoms with E-state index in [2.05, 4.69) is 16.8 Å². The largest absolute Gasteiger partial charge is 0.302 e. The van der Waals surface area contributed by atoms with E-state index >= 15 is 0 Å². The summed E-state index contributed by atoms with van der Waals surface area (Å²) >= 11 is 5.97. The Morgan fingerprint density at radius 2 is 1.86 bits per heavy atom. The zero-order chi connectivity index (χ0) is 9.97. The fraction of sp³-hybridized carbons (Fsp3) is 1.00. The van der Waals surface area contributed by atoms with Crippen molar-refractivity contribution >= 4 is 11.6 Å². The van der Waals surface area contributed by atoms with Gasteiger partial charge in [-0.2, -0.15) is 0 Å². The second-order valence-electron chi connectivity index (χ2n) is 4.72. The van der Waals surface area contributed by atoms with E-state index in [1.165, 1.54) is 45.3 Å². The molecule has 2 atom stereocenters. The molecule has 3 heteroatoms. The molecule has 0 aromatic carbocycles. The molecule has 2 nitrogen and oxygen atoms in total. The van der Waals surface area contributed by atoms with E-state index in [1.807, 2.05) is 0 Å². The number of likely N-dealkylation sites (tertiary alicyclic amines) is 2. The summed E-state index contributed by atoms with van der Waals surface area (Å²) < 4.78 is 0. The van der Waals surface area contributed by atoms with Gasteiger partial charge in [0, 0.05) is 24.5 Å². The van der Waals surface area contributed by atoms with Crippen molar-refractivity contribution in [3.63, 3.8) is 0 Å². The fourth-order valence-electron chi connectivity index (χ4n) is 2.79. The van der Waals surface area contributed by atoms with Gasteiger partial charge in [-0.15, -0.1) is 11.6 Å². The second-order valence-corrected chi connectivity index (χ2v) is 5.03. The first kappa shape index (κ1) is 10.7. The maximum Gasteiger partial charge on any atom is 0.0379 e. The molecule has 0 N–H and O–H groups in total. The second kappa shape index (κ2) is 4.82. The molecule has 82 valence electrons. The standard InChI is InChI=1S/C11H21ClN2/c1-13-6-2-5-11(13)9-14-7-3-4-10(14)8-12/h10-11H,2-9H2,1H3. The molecule has 0 aromatic heterocycles. The molecule has 0 amide bonds. The highest BCUT2D eigenvalue weighted by Crippen LogP contribution is 2.22. The summed E-state index contributed by atoms with van der Waals surface area (Å²) in [4.78, 5) is 5.10. The average molecular weight is 217 g/mol. The summed E-state index contributed by atoms with van der Waals surface area (Å²) in [5.74, 6) is 0.816. The van der Waals surface area contributed by atoms with Gasteiger partial charge in [0.2, 0.25) is 0 Å². The molecular formula is C11H21ClN2. The topological polar surface area (TPSA) is 6.48 Å². The quantitative estimate of drug-likeness (QED) is 0.664. The van der Waals surface area contributed by atoms with Crippen LogP contribution >= 0.6 is 11.6 Å². The number of hydrogen-bond acceptors (Lipinski definition) is 2. The van der Waals surface area contributed by atoms with Crippen molar-refractivity contribution in [3.8, 4) is 0 Å². The molecule has 0 radical (unpaired) electrons. The third kappa shape index (κ3) is 2.23.